The molecule has 0 aliphatic rings. The van der Waals surface area contributed by atoms with Crippen LogP contribution in [-0.4, -0.2) is 21.1 Å². The Bertz CT molecular complexity index is 376. The number of nitrogens with two attached hydrogens (primary N) is 1. The minimum absolute atomic E-state index is 0.137. The quantitative estimate of drug-likeness (QED) is 0.294. The van der Waals surface area contributed by atoms with Gasteiger partial charge in [0.1, 0.15) is 0 Å². The van der Waals surface area contributed by atoms with Crippen LogP contribution in [0.3, 0.4) is 0 Å². The van der Waals surface area contributed by atoms with E-state index in [1.807, 2.05) is 6.92 Å². The third kappa shape index (κ3) is 3.61. The lowest BCUT2D eigenvalue weighted by Gasteiger charge is -2.07. The van der Waals surface area contributed by atoms with Gasteiger partial charge in [0.15, 0.2) is 5.16 Å². The smallest absolute Gasteiger partial charge is 0.251 e. The fourth-order valence-corrected chi connectivity index (χ4v) is 1.88. The molecule has 1 unspecified atom stereocenters. The highest BCUT2D eigenvalue weighted by Crippen LogP contribution is 2.19. The topological polar surface area (TPSA) is 95.6 Å². The highest BCUT2D eigenvalue weighted by Gasteiger charge is 2.07. The molecule has 0 aliphatic heterocycles. The van der Waals surface area contributed by atoms with E-state index in [0.29, 0.717) is 11.6 Å². The summed E-state index contributed by atoms with van der Waals surface area (Å²) in [5.74, 6) is 0.142. The zero-order valence-corrected chi connectivity index (χ0v) is 8.60. The number of hydrogen-bond donors (Lipinski definition) is 3. The van der Waals surface area contributed by atoms with Gasteiger partial charge in [-0.25, -0.2) is 4.98 Å². The fraction of sp³-hybridized carbons (Fsp3) is 0.375. The zero-order chi connectivity index (χ0) is 10.6. The SMILES string of the molecule is CC(CC(=N)N)Sc1nccc(=O)[nH]1. The van der Waals surface area contributed by atoms with Gasteiger partial charge >= 0.3 is 0 Å². The number of aromatic nitrogens is 2. The van der Waals surface area contributed by atoms with Crippen LogP contribution < -0.4 is 11.3 Å². The fourth-order valence-electron chi connectivity index (χ4n) is 0.954. The first kappa shape index (κ1) is 10.8. The van der Waals surface area contributed by atoms with Crippen molar-refractivity contribution in [1.29, 1.82) is 5.41 Å². The molecular formula is C8H12N4OS. The van der Waals surface area contributed by atoms with Gasteiger partial charge in [0.25, 0.3) is 5.56 Å². The van der Waals surface area contributed by atoms with E-state index in [2.05, 4.69) is 9.97 Å². The molecule has 0 amide bonds. The molecule has 0 spiro atoms. The van der Waals surface area contributed by atoms with E-state index in [4.69, 9.17) is 11.1 Å². The Morgan fingerprint density at radius 1 is 1.86 bits per heavy atom. The minimum Gasteiger partial charge on any atom is -0.388 e. The van der Waals surface area contributed by atoms with Crippen molar-refractivity contribution in [3.8, 4) is 0 Å². The van der Waals surface area contributed by atoms with E-state index in [1.54, 1.807) is 0 Å². The van der Waals surface area contributed by atoms with Crippen molar-refractivity contribution in [2.24, 2.45) is 5.73 Å². The van der Waals surface area contributed by atoms with Crippen LogP contribution >= 0.6 is 11.8 Å². The van der Waals surface area contributed by atoms with Gasteiger partial charge in [-0.3, -0.25) is 10.2 Å². The molecule has 14 heavy (non-hydrogen) atoms. The van der Waals surface area contributed by atoms with Gasteiger partial charge in [-0.05, 0) is 0 Å². The molecular weight excluding hydrogens is 200 g/mol. The molecule has 1 aromatic heterocycles. The number of amidine groups is 1. The highest BCUT2D eigenvalue weighted by molar-refractivity contribution is 7.99. The molecule has 0 fully saturated rings. The second-order valence-electron chi connectivity index (χ2n) is 2.90. The van der Waals surface area contributed by atoms with Crippen LogP contribution in [0, 0.1) is 5.41 Å². The second-order valence-corrected chi connectivity index (χ2v) is 4.32. The Hall–Kier alpha value is -1.30. The predicted octanol–water partition coefficient (Wildman–Crippen LogP) is 0.577. The molecule has 1 heterocycles. The Morgan fingerprint density at radius 3 is 3.14 bits per heavy atom. The van der Waals surface area contributed by atoms with Crippen LogP contribution in [0.15, 0.2) is 22.2 Å². The first-order valence-electron chi connectivity index (χ1n) is 4.13. The van der Waals surface area contributed by atoms with Crippen molar-refractivity contribution < 1.29 is 0 Å². The number of rotatable bonds is 4. The monoisotopic (exact) mass is 212 g/mol. The summed E-state index contributed by atoms with van der Waals surface area (Å²) >= 11 is 1.40. The summed E-state index contributed by atoms with van der Waals surface area (Å²) in [5, 5.41) is 7.80. The molecule has 76 valence electrons. The van der Waals surface area contributed by atoms with Crippen LogP contribution in [0.2, 0.25) is 0 Å². The van der Waals surface area contributed by atoms with Crippen LogP contribution in [0.1, 0.15) is 13.3 Å². The lowest BCUT2D eigenvalue weighted by molar-refractivity contribution is 0.914. The maximum atomic E-state index is 10.9. The lowest BCUT2D eigenvalue weighted by atomic mass is 10.3. The first-order valence-corrected chi connectivity index (χ1v) is 5.01. The molecule has 0 saturated carbocycles. The van der Waals surface area contributed by atoms with E-state index in [9.17, 15) is 4.79 Å². The summed E-state index contributed by atoms with van der Waals surface area (Å²) in [7, 11) is 0. The summed E-state index contributed by atoms with van der Waals surface area (Å²) in [6, 6.07) is 1.36. The summed E-state index contributed by atoms with van der Waals surface area (Å²) < 4.78 is 0. The molecule has 0 radical (unpaired) electrons. The van der Waals surface area contributed by atoms with Gasteiger partial charge in [0.05, 0.1) is 5.84 Å². The predicted molar refractivity (Wildman–Crippen MR) is 56.7 cm³/mol. The van der Waals surface area contributed by atoms with Crippen molar-refractivity contribution in [2.45, 2.75) is 23.8 Å². The van der Waals surface area contributed by atoms with Crippen LogP contribution in [0.25, 0.3) is 0 Å². The molecule has 0 saturated heterocycles. The van der Waals surface area contributed by atoms with Crippen LogP contribution in [-0.2, 0) is 0 Å². The average Bonchev–Trinajstić information content (AvgIpc) is 2.01. The largest absolute Gasteiger partial charge is 0.388 e. The van der Waals surface area contributed by atoms with E-state index in [-0.39, 0.29) is 16.6 Å². The number of H-pyrrole nitrogens is 1. The molecule has 0 bridgehead atoms. The van der Waals surface area contributed by atoms with Crippen LogP contribution in [0.5, 0.6) is 0 Å². The van der Waals surface area contributed by atoms with Crippen molar-refractivity contribution in [1.82, 2.24) is 9.97 Å². The molecule has 6 heteroatoms. The van der Waals surface area contributed by atoms with Crippen LogP contribution in [0.4, 0.5) is 0 Å². The van der Waals surface area contributed by atoms with Gasteiger partial charge in [-0.15, -0.1) is 0 Å². The van der Waals surface area contributed by atoms with Gasteiger partial charge in [0.2, 0.25) is 0 Å². The van der Waals surface area contributed by atoms with Gasteiger partial charge in [-0.2, -0.15) is 0 Å². The van der Waals surface area contributed by atoms with Gasteiger partial charge in [0, 0.05) is 23.9 Å². The maximum Gasteiger partial charge on any atom is 0.251 e. The third-order valence-corrected chi connectivity index (χ3v) is 2.47. The summed E-state index contributed by atoms with van der Waals surface area (Å²) in [5.41, 5.74) is 5.09. The van der Waals surface area contributed by atoms with E-state index in [0.717, 1.165) is 0 Å². The lowest BCUT2D eigenvalue weighted by Crippen LogP contribution is -2.15. The minimum atomic E-state index is -0.169. The maximum absolute atomic E-state index is 10.9. The van der Waals surface area contributed by atoms with Crippen molar-refractivity contribution in [2.75, 3.05) is 0 Å². The van der Waals surface area contributed by atoms with E-state index in [1.165, 1.54) is 24.0 Å². The first-order chi connectivity index (χ1) is 6.58. The summed E-state index contributed by atoms with van der Waals surface area (Å²) in [6.45, 7) is 1.93. The van der Waals surface area contributed by atoms with Gasteiger partial charge in [-0.1, -0.05) is 18.7 Å². The number of thioether (sulfide) groups is 1. The standard InChI is InChI=1S/C8H12N4OS/c1-5(4-6(9)10)14-8-11-3-2-7(13)12-8/h2-3,5H,4H2,1H3,(H3,9,10)(H,11,12,13). The summed E-state index contributed by atoms with van der Waals surface area (Å²) in [6.07, 6.45) is 1.95. The van der Waals surface area contributed by atoms with E-state index < -0.39 is 0 Å². The Balaban J connectivity index is 2.60. The Labute approximate surface area is 85.6 Å². The number of hydrogen-bond acceptors (Lipinski definition) is 4. The molecule has 1 aromatic rings. The Kier molecular flexibility index (Phi) is 3.70. The number of nitrogens with one attached hydrogen (secondary N) is 2. The van der Waals surface area contributed by atoms with E-state index >= 15 is 0 Å². The zero-order valence-electron chi connectivity index (χ0n) is 7.78. The molecule has 0 aromatic carbocycles. The average molecular weight is 212 g/mol. The second kappa shape index (κ2) is 4.80. The molecule has 1 rings (SSSR count). The Morgan fingerprint density at radius 2 is 2.57 bits per heavy atom. The number of nitrogens with zero attached hydrogens (tertiary/aromatic N) is 1. The molecule has 1 atom stereocenters. The molecule has 5 nitrogen and oxygen atoms in total. The van der Waals surface area contributed by atoms with Crippen molar-refractivity contribution in [3.05, 3.63) is 22.6 Å². The van der Waals surface area contributed by atoms with Gasteiger partial charge < -0.3 is 10.7 Å². The molecule has 0 aliphatic carbocycles. The third-order valence-electron chi connectivity index (χ3n) is 1.47. The van der Waals surface area contributed by atoms with Crippen molar-refractivity contribution in [3.63, 3.8) is 0 Å². The van der Waals surface area contributed by atoms with Crippen molar-refractivity contribution >= 4 is 17.6 Å². The number of aromatic amines is 1. The highest BCUT2D eigenvalue weighted by atomic mass is 32.2. The molecule has 4 N–H and O–H groups in total. The summed E-state index contributed by atoms with van der Waals surface area (Å²) in [4.78, 5) is 17.5. The normalized spacial score (nSPS) is 12.4.